The summed E-state index contributed by atoms with van der Waals surface area (Å²) in [6, 6.07) is 5.29. The molecule has 3 rings (SSSR count). The second kappa shape index (κ2) is 6.57. The third-order valence-corrected chi connectivity index (χ3v) is 4.86. The van der Waals surface area contributed by atoms with Crippen molar-refractivity contribution in [3.8, 4) is 0 Å². The molecule has 1 N–H and O–H groups in total. The Hall–Kier alpha value is -1.09. The monoisotopic (exact) mass is 273 g/mol. The number of anilines is 1. The maximum Gasteiger partial charge on any atom is 0.0562 e. The van der Waals surface area contributed by atoms with E-state index >= 15 is 0 Å². The molecule has 0 spiro atoms. The van der Waals surface area contributed by atoms with Gasteiger partial charge in [0.15, 0.2) is 0 Å². The van der Waals surface area contributed by atoms with Gasteiger partial charge < -0.3 is 10.2 Å². The summed E-state index contributed by atoms with van der Waals surface area (Å²) in [6.07, 6.45) is 10.2. The summed E-state index contributed by atoms with van der Waals surface area (Å²) in [5.74, 6) is 0.943. The molecule has 1 saturated heterocycles. The van der Waals surface area contributed by atoms with Gasteiger partial charge in [0.25, 0.3) is 0 Å². The molecule has 1 aliphatic heterocycles. The fourth-order valence-electron chi connectivity index (χ4n) is 3.91. The van der Waals surface area contributed by atoms with Crippen LogP contribution in [-0.2, 0) is 6.54 Å². The second-order valence-corrected chi connectivity index (χ2v) is 6.28. The Balaban J connectivity index is 1.70. The summed E-state index contributed by atoms with van der Waals surface area (Å²) < 4.78 is 0. The summed E-state index contributed by atoms with van der Waals surface area (Å²) in [7, 11) is 0. The number of fused-ring (bicyclic) bond motifs is 1. The Morgan fingerprint density at radius 1 is 1.30 bits per heavy atom. The lowest BCUT2D eigenvalue weighted by Crippen LogP contribution is -2.42. The highest BCUT2D eigenvalue weighted by molar-refractivity contribution is 5.48. The fourth-order valence-corrected chi connectivity index (χ4v) is 3.91. The number of hydrogen-bond donors (Lipinski definition) is 1. The number of piperidine rings is 1. The zero-order chi connectivity index (χ0) is 13.8. The van der Waals surface area contributed by atoms with Gasteiger partial charge in [0, 0.05) is 31.0 Å². The van der Waals surface area contributed by atoms with Crippen LogP contribution in [-0.4, -0.2) is 24.1 Å². The first kappa shape index (κ1) is 13.9. The third-order valence-electron chi connectivity index (χ3n) is 4.86. The number of rotatable bonds is 5. The molecule has 0 radical (unpaired) electrons. The van der Waals surface area contributed by atoms with Gasteiger partial charge in [-0.25, -0.2) is 0 Å². The van der Waals surface area contributed by atoms with E-state index in [0.717, 1.165) is 25.0 Å². The first-order valence-electron chi connectivity index (χ1n) is 8.31. The van der Waals surface area contributed by atoms with Crippen molar-refractivity contribution in [1.29, 1.82) is 0 Å². The van der Waals surface area contributed by atoms with Crippen LogP contribution in [0, 0.1) is 5.92 Å². The SMILES string of the molecule is CCCNCc1cc(N2CCCC3CCCC32)ccn1. The highest BCUT2D eigenvalue weighted by Crippen LogP contribution is 2.39. The Kier molecular flexibility index (Phi) is 4.56. The van der Waals surface area contributed by atoms with Crippen LogP contribution in [0.4, 0.5) is 5.69 Å². The maximum atomic E-state index is 4.50. The molecule has 110 valence electrons. The second-order valence-electron chi connectivity index (χ2n) is 6.28. The minimum absolute atomic E-state index is 0.794. The molecule has 1 aliphatic carbocycles. The van der Waals surface area contributed by atoms with Crippen LogP contribution in [0.5, 0.6) is 0 Å². The van der Waals surface area contributed by atoms with Gasteiger partial charge in [0.2, 0.25) is 0 Å². The van der Waals surface area contributed by atoms with E-state index in [9.17, 15) is 0 Å². The highest BCUT2D eigenvalue weighted by atomic mass is 15.2. The zero-order valence-electron chi connectivity index (χ0n) is 12.6. The van der Waals surface area contributed by atoms with E-state index in [-0.39, 0.29) is 0 Å². The average Bonchev–Trinajstić information content (AvgIpc) is 2.96. The largest absolute Gasteiger partial charge is 0.368 e. The Labute approximate surface area is 122 Å². The topological polar surface area (TPSA) is 28.2 Å². The van der Waals surface area contributed by atoms with Crippen LogP contribution in [0.25, 0.3) is 0 Å². The van der Waals surface area contributed by atoms with E-state index in [1.54, 1.807) is 0 Å². The van der Waals surface area contributed by atoms with Crippen molar-refractivity contribution < 1.29 is 0 Å². The van der Waals surface area contributed by atoms with Crippen molar-refractivity contribution in [1.82, 2.24) is 10.3 Å². The molecule has 1 aromatic rings. The molecule has 0 aromatic carbocycles. The van der Waals surface area contributed by atoms with Crippen LogP contribution in [0.15, 0.2) is 18.3 Å². The summed E-state index contributed by atoms with van der Waals surface area (Å²) in [5.41, 5.74) is 2.57. The van der Waals surface area contributed by atoms with E-state index in [1.807, 2.05) is 6.20 Å². The number of aromatic nitrogens is 1. The van der Waals surface area contributed by atoms with Crippen molar-refractivity contribution in [2.24, 2.45) is 5.92 Å². The molecule has 2 unspecified atom stereocenters. The van der Waals surface area contributed by atoms with Gasteiger partial charge in [-0.05, 0) is 56.7 Å². The van der Waals surface area contributed by atoms with E-state index in [0.29, 0.717) is 0 Å². The lowest BCUT2D eigenvalue weighted by molar-refractivity contribution is 0.362. The predicted octanol–water partition coefficient (Wildman–Crippen LogP) is 3.35. The van der Waals surface area contributed by atoms with Crippen LogP contribution >= 0.6 is 0 Å². The number of pyridine rings is 1. The van der Waals surface area contributed by atoms with Gasteiger partial charge in [-0.1, -0.05) is 13.3 Å². The van der Waals surface area contributed by atoms with Crippen molar-refractivity contribution in [3.63, 3.8) is 0 Å². The normalized spacial score (nSPS) is 25.8. The van der Waals surface area contributed by atoms with Crippen molar-refractivity contribution in [2.75, 3.05) is 18.0 Å². The van der Waals surface area contributed by atoms with Gasteiger partial charge in [-0.2, -0.15) is 0 Å². The zero-order valence-corrected chi connectivity index (χ0v) is 12.6. The fraction of sp³-hybridized carbons (Fsp3) is 0.706. The molecule has 2 fully saturated rings. The summed E-state index contributed by atoms with van der Waals surface area (Å²) in [6.45, 7) is 5.39. The molecule has 2 heterocycles. The number of nitrogens with zero attached hydrogens (tertiary/aromatic N) is 2. The lowest BCUT2D eigenvalue weighted by Gasteiger charge is -2.39. The number of nitrogens with one attached hydrogen (secondary N) is 1. The minimum Gasteiger partial charge on any atom is -0.368 e. The van der Waals surface area contributed by atoms with Gasteiger partial charge in [0.05, 0.1) is 5.69 Å². The van der Waals surface area contributed by atoms with Crippen LogP contribution in [0.2, 0.25) is 0 Å². The molecule has 1 saturated carbocycles. The summed E-state index contributed by atoms with van der Waals surface area (Å²) in [4.78, 5) is 7.16. The molecule has 3 heteroatoms. The Morgan fingerprint density at radius 3 is 3.10 bits per heavy atom. The number of hydrogen-bond acceptors (Lipinski definition) is 3. The first-order chi connectivity index (χ1) is 9.88. The van der Waals surface area contributed by atoms with E-state index < -0.39 is 0 Å². The van der Waals surface area contributed by atoms with Gasteiger partial charge in [-0.3, -0.25) is 4.98 Å². The van der Waals surface area contributed by atoms with Crippen molar-refractivity contribution >= 4 is 5.69 Å². The smallest absolute Gasteiger partial charge is 0.0562 e. The van der Waals surface area contributed by atoms with E-state index in [2.05, 4.69) is 34.3 Å². The molecule has 20 heavy (non-hydrogen) atoms. The Morgan fingerprint density at radius 2 is 2.20 bits per heavy atom. The van der Waals surface area contributed by atoms with E-state index in [4.69, 9.17) is 0 Å². The standard InChI is InChI=1S/C17H27N3/c1-2-9-18-13-15-12-16(8-10-19-15)20-11-4-6-14-5-3-7-17(14)20/h8,10,12,14,17-18H,2-7,9,11,13H2,1H3. The molecular formula is C17H27N3. The molecule has 2 atom stereocenters. The lowest BCUT2D eigenvalue weighted by atomic mass is 9.91. The molecule has 0 amide bonds. The quantitative estimate of drug-likeness (QED) is 0.834. The summed E-state index contributed by atoms with van der Waals surface area (Å²) in [5, 5.41) is 3.45. The molecular weight excluding hydrogens is 246 g/mol. The molecule has 3 nitrogen and oxygen atoms in total. The van der Waals surface area contributed by atoms with Crippen molar-refractivity contribution in [3.05, 3.63) is 24.0 Å². The van der Waals surface area contributed by atoms with Gasteiger partial charge in [-0.15, -0.1) is 0 Å². The van der Waals surface area contributed by atoms with E-state index in [1.165, 1.54) is 56.5 Å². The average molecular weight is 273 g/mol. The maximum absolute atomic E-state index is 4.50. The highest BCUT2D eigenvalue weighted by Gasteiger charge is 2.34. The van der Waals surface area contributed by atoms with Crippen LogP contribution < -0.4 is 10.2 Å². The molecule has 2 aliphatic rings. The third kappa shape index (κ3) is 2.98. The first-order valence-corrected chi connectivity index (χ1v) is 8.31. The molecule has 0 bridgehead atoms. The van der Waals surface area contributed by atoms with Gasteiger partial charge in [0.1, 0.15) is 0 Å². The predicted molar refractivity (Wildman–Crippen MR) is 83.9 cm³/mol. The van der Waals surface area contributed by atoms with Crippen LogP contribution in [0.1, 0.15) is 51.1 Å². The van der Waals surface area contributed by atoms with Gasteiger partial charge >= 0.3 is 0 Å². The molecule has 1 aromatic heterocycles. The summed E-state index contributed by atoms with van der Waals surface area (Å²) >= 11 is 0. The Bertz CT molecular complexity index is 432. The van der Waals surface area contributed by atoms with Crippen molar-refractivity contribution in [2.45, 2.75) is 58.0 Å². The minimum atomic E-state index is 0.794. The van der Waals surface area contributed by atoms with Crippen LogP contribution in [0.3, 0.4) is 0 Å².